The number of ether oxygens (including phenoxy) is 1. The van der Waals surface area contributed by atoms with Crippen molar-refractivity contribution in [2.45, 2.75) is 70.0 Å². The number of hydrogen-bond acceptors (Lipinski definition) is 3. The summed E-state index contributed by atoms with van der Waals surface area (Å²) in [5.41, 5.74) is -0.190. The Morgan fingerprint density at radius 2 is 2.23 bits per heavy atom. The van der Waals surface area contributed by atoms with Gasteiger partial charge in [0.2, 0.25) is 0 Å². The lowest BCUT2D eigenvalue weighted by molar-refractivity contribution is -0.167. The summed E-state index contributed by atoms with van der Waals surface area (Å²) in [6, 6.07) is 0. The molecule has 7 atom stereocenters. The molecule has 3 nitrogen and oxygen atoms in total. The summed E-state index contributed by atoms with van der Waals surface area (Å²) in [5.74, 6) is 2.52. The molecule has 4 rings (SSSR count). The van der Waals surface area contributed by atoms with Crippen LogP contribution in [0.2, 0.25) is 0 Å². The lowest BCUT2D eigenvalue weighted by Crippen LogP contribution is -2.39. The molecule has 0 amide bonds. The summed E-state index contributed by atoms with van der Waals surface area (Å²) in [7, 11) is 0. The van der Waals surface area contributed by atoms with E-state index in [0.29, 0.717) is 17.8 Å². The van der Waals surface area contributed by atoms with Crippen molar-refractivity contribution in [3.05, 3.63) is 12.2 Å². The fourth-order valence-corrected chi connectivity index (χ4v) is 5.90. The highest BCUT2D eigenvalue weighted by Crippen LogP contribution is 2.55. The first-order valence-electron chi connectivity index (χ1n) is 9.18. The molecular weight excluding hydrogens is 276 g/mol. The van der Waals surface area contributed by atoms with Crippen LogP contribution in [-0.2, 0) is 9.53 Å². The maximum atomic E-state index is 12.4. The standard InChI is InChI=1S/C19H28O3/c1-2-15-8-13-5-6-19(15,11-13)22-18(21)10-17(20)16-9-12-3-4-14(16)7-12/h3-4,12-17,20H,2,5-11H2,1H3. The quantitative estimate of drug-likeness (QED) is 0.625. The number of aliphatic hydroxyl groups excluding tert-OH is 1. The number of hydrogen-bond donors (Lipinski definition) is 1. The van der Waals surface area contributed by atoms with Gasteiger partial charge in [-0.15, -0.1) is 0 Å². The van der Waals surface area contributed by atoms with E-state index in [-0.39, 0.29) is 23.9 Å². The van der Waals surface area contributed by atoms with Crippen molar-refractivity contribution in [1.29, 1.82) is 0 Å². The number of carbonyl (C=O) groups excluding carboxylic acids is 1. The van der Waals surface area contributed by atoms with E-state index in [1.807, 2.05) is 0 Å². The zero-order valence-corrected chi connectivity index (χ0v) is 13.5. The predicted octanol–water partition coefficient (Wildman–Crippen LogP) is 3.46. The van der Waals surface area contributed by atoms with Gasteiger partial charge in [-0.05, 0) is 74.5 Å². The van der Waals surface area contributed by atoms with Gasteiger partial charge in [0.1, 0.15) is 5.60 Å². The predicted molar refractivity (Wildman–Crippen MR) is 84.0 cm³/mol. The van der Waals surface area contributed by atoms with Crippen LogP contribution < -0.4 is 0 Å². The molecule has 0 heterocycles. The third-order valence-electron chi connectivity index (χ3n) is 6.98. The molecule has 0 aromatic carbocycles. The number of rotatable bonds is 5. The Morgan fingerprint density at radius 1 is 1.36 bits per heavy atom. The third kappa shape index (κ3) is 2.33. The van der Waals surface area contributed by atoms with Crippen LogP contribution in [0.25, 0.3) is 0 Å². The highest BCUT2D eigenvalue weighted by molar-refractivity contribution is 5.70. The van der Waals surface area contributed by atoms with Crippen LogP contribution in [0.5, 0.6) is 0 Å². The smallest absolute Gasteiger partial charge is 0.308 e. The first kappa shape index (κ1) is 14.7. The lowest BCUT2D eigenvalue weighted by atomic mass is 9.83. The zero-order chi connectivity index (χ0) is 15.3. The van der Waals surface area contributed by atoms with E-state index in [1.54, 1.807) is 0 Å². The Labute approximate surface area is 133 Å². The Bertz CT molecular complexity index is 485. The van der Waals surface area contributed by atoms with Crippen LogP contribution in [0, 0.1) is 29.6 Å². The molecule has 0 saturated heterocycles. The third-order valence-corrected chi connectivity index (χ3v) is 6.98. The minimum atomic E-state index is -0.525. The average Bonchev–Trinajstić information content (AvgIpc) is 3.25. The molecular formula is C19H28O3. The Kier molecular flexibility index (Phi) is 3.60. The van der Waals surface area contributed by atoms with E-state index in [4.69, 9.17) is 4.74 Å². The van der Waals surface area contributed by atoms with Crippen LogP contribution in [0.15, 0.2) is 12.2 Å². The van der Waals surface area contributed by atoms with Gasteiger partial charge in [-0.2, -0.15) is 0 Å². The maximum absolute atomic E-state index is 12.4. The molecule has 7 unspecified atom stereocenters. The molecule has 122 valence electrons. The van der Waals surface area contributed by atoms with Gasteiger partial charge < -0.3 is 9.84 Å². The van der Waals surface area contributed by atoms with Crippen LogP contribution in [-0.4, -0.2) is 22.8 Å². The molecule has 0 radical (unpaired) electrons. The van der Waals surface area contributed by atoms with Gasteiger partial charge in [-0.25, -0.2) is 0 Å². The number of aliphatic hydroxyl groups is 1. The van der Waals surface area contributed by atoms with E-state index in [2.05, 4.69) is 19.1 Å². The van der Waals surface area contributed by atoms with Crippen molar-refractivity contribution in [3.8, 4) is 0 Å². The van der Waals surface area contributed by atoms with Gasteiger partial charge in [-0.3, -0.25) is 4.79 Å². The largest absolute Gasteiger partial charge is 0.459 e. The molecule has 0 spiro atoms. The van der Waals surface area contributed by atoms with E-state index < -0.39 is 6.10 Å². The summed E-state index contributed by atoms with van der Waals surface area (Å²) < 4.78 is 5.99. The van der Waals surface area contributed by atoms with Crippen molar-refractivity contribution in [3.63, 3.8) is 0 Å². The van der Waals surface area contributed by atoms with E-state index in [1.165, 1.54) is 19.3 Å². The number of esters is 1. The molecule has 4 aliphatic rings. The highest BCUT2D eigenvalue weighted by Gasteiger charge is 2.54. The molecule has 22 heavy (non-hydrogen) atoms. The van der Waals surface area contributed by atoms with Gasteiger partial charge in [0.15, 0.2) is 0 Å². The number of carbonyl (C=O) groups is 1. The van der Waals surface area contributed by atoms with Crippen LogP contribution in [0.3, 0.4) is 0 Å². The van der Waals surface area contributed by atoms with Crippen LogP contribution in [0.1, 0.15) is 58.3 Å². The van der Waals surface area contributed by atoms with E-state index in [9.17, 15) is 9.90 Å². The second-order valence-corrected chi connectivity index (χ2v) is 8.20. The SMILES string of the molecule is CCC1CC2CCC1(OC(=O)CC(O)C1CC3C=CC1C3)C2. The average molecular weight is 304 g/mol. The second kappa shape index (κ2) is 5.36. The molecule has 1 N–H and O–H groups in total. The normalized spacial score (nSPS) is 46.4. The van der Waals surface area contributed by atoms with Crippen molar-refractivity contribution >= 4 is 5.97 Å². The van der Waals surface area contributed by atoms with Gasteiger partial charge in [-0.1, -0.05) is 19.1 Å². The first-order valence-corrected chi connectivity index (χ1v) is 9.18. The minimum Gasteiger partial charge on any atom is -0.459 e. The summed E-state index contributed by atoms with van der Waals surface area (Å²) in [4.78, 5) is 12.4. The Morgan fingerprint density at radius 3 is 2.86 bits per heavy atom. The molecule has 0 aliphatic heterocycles. The van der Waals surface area contributed by atoms with E-state index in [0.717, 1.165) is 31.6 Å². The summed E-state index contributed by atoms with van der Waals surface area (Å²) in [6.45, 7) is 2.21. The summed E-state index contributed by atoms with van der Waals surface area (Å²) >= 11 is 0. The topological polar surface area (TPSA) is 46.5 Å². The molecule has 3 saturated carbocycles. The summed E-state index contributed by atoms with van der Waals surface area (Å²) in [6.07, 6.45) is 12.0. The monoisotopic (exact) mass is 304 g/mol. The van der Waals surface area contributed by atoms with Gasteiger partial charge >= 0.3 is 5.97 Å². The second-order valence-electron chi connectivity index (χ2n) is 8.20. The zero-order valence-electron chi connectivity index (χ0n) is 13.5. The fourth-order valence-electron chi connectivity index (χ4n) is 5.90. The maximum Gasteiger partial charge on any atom is 0.308 e. The molecule has 4 aliphatic carbocycles. The molecule has 3 heteroatoms. The lowest BCUT2D eigenvalue weighted by Gasteiger charge is -2.35. The minimum absolute atomic E-state index is 0.166. The van der Waals surface area contributed by atoms with Gasteiger partial charge in [0, 0.05) is 0 Å². The Hall–Kier alpha value is -0.830. The van der Waals surface area contributed by atoms with Gasteiger partial charge in [0.05, 0.1) is 12.5 Å². The van der Waals surface area contributed by atoms with Crippen molar-refractivity contribution in [2.24, 2.45) is 29.6 Å². The van der Waals surface area contributed by atoms with Crippen molar-refractivity contribution in [2.75, 3.05) is 0 Å². The van der Waals surface area contributed by atoms with Crippen LogP contribution in [0.4, 0.5) is 0 Å². The Balaban J connectivity index is 1.35. The first-order chi connectivity index (χ1) is 10.6. The van der Waals surface area contributed by atoms with Crippen LogP contribution >= 0.6 is 0 Å². The number of allylic oxidation sites excluding steroid dienone is 2. The highest BCUT2D eigenvalue weighted by atomic mass is 16.6. The van der Waals surface area contributed by atoms with Crippen molar-refractivity contribution < 1.29 is 14.6 Å². The molecule has 4 bridgehead atoms. The molecule has 0 aromatic rings. The molecule has 3 fully saturated rings. The molecule has 0 aromatic heterocycles. The number of fused-ring (bicyclic) bond motifs is 4. The summed E-state index contributed by atoms with van der Waals surface area (Å²) in [5, 5.41) is 10.5. The van der Waals surface area contributed by atoms with Crippen molar-refractivity contribution in [1.82, 2.24) is 0 Å². The van der Waals surface area contributed by atoms with Gasteiger partial charge in [0.25, 0.3) is 0 Å². The van der Waals surface area contributed by atoms with E-state index >= 15 is 0 Å². The fraction of sp³-hybridized carbons (Fsp3) is 0.842.